The fourth-order valence-electron chi connectivity index (χ4n) is 2.38. The largest absolute Gasteiger partial charge is 0.378 e. The van der Waals surface area contributed by atoms with Gasteiger partial charge in [-0.05, 0) is 24.7 Å². The monoisotopic (exact) mass is 344 g/mol. The Morgan fingerprint density at radius 2 is 1.80 bits per heavy atom. The van der Waals surface area contributed by atoms with Gasteiger partial charge in [-0.3, -0.25) is 15.0 Å². The van der Waals surface area contributed by atoms with Crippen molar-refractivity contribution < 1.29 is 9.32 Å². The number of rotatable bonds is 6. The number of carbonyl (C=O) groups is 1. The molecule has 1 N–H and O–H groups in total. The van der Waals surface area contributed by atoms with E-state index in [0.29, 0.717) is 12.4 Å². The van der Waals surface area contributed by atoms with Gasteiger partial charge in [0.15, 0.2) is 0 Å². The van der Waals surface area contributed by atoms with E-state index in [1.54, 1.807) is 6.07 Å². The second-order valence-electron chi connectivity index (χ2n) is 7.61. The first-order valence-electron chi connectivity index (χ1n) is 8.37. The summed E-state index contributed by atoms with van der Waals surface area (Å²) in [5, 5.41) is 6.76. The topological polar surface area (TPSA) is 61.6 Å². The number of hydrogen-bond acceptors (Lipinski definition) is 5. The molecule has 1 amide bonds. The normalized spacial score (nSPS) is 11.6. The number of likely N-dealkylation sites (N-methyl/N-ethyl adjacent to an activating group) is 1. The molecule has 6 heteroatoms. The number of nitrogens with zero attached hydrogens (tertiary/aromatic N) is 3. The summed E-state index contributed by atoms with van der Waals surface area (Å²) in [5.74, 6) is 0.266. The highest BCUT2D eigenvalue weighted by atomic mass is 16.5. The zero-order valence-corrected chi connectivity index (χ0v) is 16.0. The summed E-state index contributed by atoms with van der Waals surface area (Å²) in [7, 11) is 5.94. The van der Waals surface area contributed by atoms with Crippen LogP contribution in [0.15, 0.2) is 34.9 Å². The molecule has 0 aliphatic heterocycles. The standard InChI is InChI=1S/C19H28N4O2/c1-19(2,3)16-11-18(25-21-16)20-17(24)13-23(6)12-14-7-9-15(10-8-14)22(4)5/h7-11H,12-13H2,1-6H3,(H,20,24). The molecule has 0 radical (unpaired) electrons. The minimum Gasteiger partial charge on any atom is -0.378 e. The van der Waals surface area contributed by atoms with Crippen molar-refractivity contribution in [1.29, 1.82) is 0 Å². The van der Waals surface area contributed by atoms with Gasteiger partial charge in [0.2, 0.25) is 11.8 Å². The van der Waals surface area contributed by atoms with Crippen molar-refractivity contribution in [1.82, 2.24) is 10.1 Å². The van der Waals surface area contributed by atoms with Gasteiger partial charge < -0.3 is 9.42 Å². The van der Waals surface area contributed by atoms with Crippen molar-refractivity contribution >= 4 is 17.5 Å². The van der Waals surface area contributed by atoms with E-state index in [-0.39, 0.29) is 17.9 Å². The third kappa shape index (κ3) is 5.60. The van der Waals surface area contributed by atoms with Crippen LogP contribution in [0.4, 0.5) is 11.6 Å². The van der Waals surface area contributed by atoms with E-state index in [1.807, 2.05) is 46.8 Å². The minimum atomic E-state index is -0.121. The molecule has 25 heavy (non-hydrogen) atoms. The average Bonchev–Trinajstić information content (AvgIpc) is 2.96. The molecule has 0 saturated heterocycles. The first-order chi connectivity index (χ1) is 11.6. The first kappa shape index (κ1) is 19.0. The van der Waals surface area contributed by atoms with Gasteiger partial charge in [-0.15, -0.1) is 0 Å². The van der Waals surface area contributed by atoms with Gasteiger partial charge in [0, 0.05) is 37.8 Å². The number of benzene rings is 1. The van der Waals surface area contributed by atoms with Crippen LogP contribution in [0.2, 0.25) is 0 Å². The Bertz CT molecular complexity index is 699. The zero-order chi connectivity index (χ0) is 18.6. The Morgan fingerprint density at radius 1 is 1.16 bits per heavy atom. The Balaban J connectivity index is 1.86. The minimum absolute atomic E-state index is 0.109. The fourth-order valence-corrected chi connectivity index (χ4v) is 2.38. The third-order valence-electron chi connectivity index (χ3n) is 3.86. The maximum absolute atomic E-state index is 12.2. The quantitative estimate of drug-likeness (QED) is 0.872. The lowest BCUT2D eigenvalue weighted by Crippen LogP contribution is -2.29. The Kier molecular flexibility index (Phi) is 5.85. The van der Waals surface area contributed by atoms with Crippen molar-refractivity contribution in [2.24, 2.45) is 0 Å². The molecule has 2 aromatic rings. The molecule has 1 heterocycles. The molecule has 0 atom stereocenters. The van der Waals surface area contributed by atoms with Crippen molar-refractivity contribution in [2.75, 3.05) is 37.9 Å². The Labute approximate surface area is 149 Å². The van der Waals surface area contributed by atoms with E-state index in [0.717, 1.165) is 16.9 Å². The molecule has 6 nitrogen and oxygen atoms in total. The van der Waals surface area contributed by atoms with Gasteiger partial charge in [-0.2, -0.15) is 0 Å². The molecule has 0 aliphatic rings. The van der Waals surface area contributed by atoms with Gasteiger partial charge in [0.1, 0.15) is 0 Å². The molecule has 0 bridgehead atoms. The number of hydrogen-bond donors (Lipinski definition) is 1. The van der Waals surface area contributed by atoms with Crippen LogP contribution in [0.5, 0.6) is 0 Å². The van der Waals surface area contributed by atoms with Gasteiger partial charge >= 0.3 is 0 Å². The Morgan fingerprint density at radius 3 is 2.32 bits per heavy atom. The van der Waals surface area contributed by atoms with Gasteiger partial charge in [-0.1, -0.05) is 38.1 Å². The summed E-state index contributed by atoms with van der Waals surface area (Å²) >= 11 is 0. The summed E-state index contributed by atoms with van der Waals surface area (Å²) in [6.07, 6.45) is 0. The summed E-state index contributed by atoms with van der Waals surface area (Å²) in [4.78, 5) is 16.2. The molecule has 0 spiro atoms. The van der Waals surface area contributed by atoms with E-state index < -0.39 is 0 Å². The number of amides is 1. The van der Waals surface area contributed by atoms with Crippen LogP contribution in [-0.4, -0.2) is 43.7 Å². The van der Waals surface area contributed by atoms with Crippen LogP contribution < -0.4 is 10.2 Å². The molecule has 1 aromatic carbocycles. The van der Waals surface area contributed by atoms with Crippen molar-refractivity contribution in [3.63, 3.8) is 0 Å². The summed E-state index contributed by atoms with van der Waals surface area (Å²) in [5.41, 5.74) is 3.03. The maximum atomic E-state index is 12.2. The molecule has 136 valence electrons. The summed E-state index contributed by atoms with van der Waals surface area (Å²) in [6, 6.07) is 10.1. The van der Waals surface area contributed by atoms with Gasteiger partial charge in [0.25, 0.3) is 0 Å². The predicted molar refractivity (Wildman–Crippen MR) is 101 cm³/mol. The second kappa shape index (κ2) is 7.70. The molecule has 0 aliphatic carbocycles. The highest BCUT2D eigenvalue weighted by molar-refractivity contribution is 5.90. The lowest BCUT2D eigenvalue weighted by atomic mass is 9.92. The first-order valence-corrected chi connectivity index (χ1v) is 8.37. The van der Waals surface area contributed by atoms with E-state index in [9.17, 15) is 4.79 Å². The number of carbonyl (C=O) groups excluding carboxylic acids is 1. The van der Waals surface area contributed by atoms with Crippen molar-refractivity contribution in [3.05, 3.63) is 41.6 Å². The van der Waals surface area contributed by atoms with Crippen molar-refractivity contribution in [3.8, 4) is 0 Å². The van der Waals surface area contributed by atoms with E-state index in [1.165, 1.54) is 0 Å². The van der Waals surface area contributed by atoms with E-state index in [2.05, 4.69) is 39.6 Å². The van der Waals surface area contributed by atoms with Crippen LogP contribution in [0, 0.1) is 0 Å². The zero-order valence-electron chi connectivity index (χ0n) is 16.0. The number of anilines is 2. The molecule has 0 fully saturated rings. The highest BCUT2D eigenvalue weighted by Gasteiger charge is 2.20. The third-order valence-corrected chi connectivity index (χ3v) is 3.86. The SMILES string of the molecule is CN(CC(=O)Nc1cc(C(C)(C)C)no1)Cc1ccc(N(C)C)cc1. The molecule has 0 unspecified atom stereocenters. The van der Waals surface area contributed by atoms with Crippen LogP contribution in [-0.2, 0) is 16.8 Å². The average molecular weight is 344 g/mol. The summed E-state index contributed by atoms with van der Waals surface area (Å²) in [6.45, 7) is 7.12. The lowest BCUT2D eigenvalue weighted by molar-refractivity contribution is -0.117. The van der Waals surface area contributed by atoms with Crippen molar-refractivity contribution in [2.45, 2.75) is 32.7 Å². The molecule has 0 saturated carbocycles. The number of nitrogens with one attached hydrogen (secondary N) is 1. The van der Waals surface area contributed by atoms with E-state index >= 15 is 0 Å². The summed E-state index contributed by atoms with van der Waals surface area (Å²) < 4.78 is 5.19. The lowest BCUT2D eigenvalue weighted by Gasteiger charge is -2.17. The highest BCUT2D eigenvalue weighted by Crippen LogP contribution is 2.23. The Hall–Kier alpha value is -2.34. The second-order valence-corrected chi connectivity index (χ2v) is 7.61. The van der Waals surface area contributed by atoms with E-state index in [4.69, 9.17) is 4.52 Å². The van der Waals surface area contributed by atoms with Gasteiger partial charge in [0.05, 0.1) is 12.2 Å². The predicted octanol–water partition coefficient (Wildman–Crippen LogP) is 3.11. The molecular formula is C19H28N4O2. The van der Waals surface area contributed by atoms with Gasteiger partial charge in [-0.25, -0.2) is 0 Å². The van der Waals surface area contributed by atoms with Crippen LogP contribution in [0.1, 0.15) is 32.0 Å². The fraction of sp³-hybridized carbons (Fsp3) is 0.474. The number of aromatic nitrogens is 1. The maximum Gasteiger partial charge on any atom is 0.240 e. The molecule has 2 rings (SSSR count). The molecular weight excluding hydrogens is 316 g/mol. The molecule has 1 aromatic heterocycles. The van der Waals surface area contributed by atoms with Crippen LogP contribution in [0.25, 0.3) is 0 Å². The van der Waals surface area contributed by atoms with Crippen LogP contribution in [0.3, 0.4) is 0 Å². The smallest absolute Gasteiger partial charge is 0.240 e. The van der Waals surface area contributed by atoms with Crippen LogP contribution >= 0.6 is 0 Å².